The predicted molar refractivity (Wildman–Crippen MR) is 100 cm³/mol. The highest BCUT2D eigenvalue weighted by molar-refractivity contribution is 7.90. The zero-order valence-electron chi connectivity index (χ0n) is 13.5. The van der Waals surface area contributed by atoms with Crippen molar-refractivity contribution in [2.45, 2.75) is 23.6 Å². The number of nitrogens with one attached hydrogen (secondary N) is 1. The summed E-state index contributed by atoms with van der Waals surface area (Å²) in [6, 6.07) is 10.3. The van der Waals surface area contributed by atoms with Crippen LogP contribution in [0, 0.1) is 0 Å². The molecule has 9 heteroatoms. The monoisotopic (exact) mass is 421 g/mol. The minimum Gasteiger partial charge on any atom is -0.224 e. The van der Waals surface area contributed by atoms with Crippen molar-refractivity contribution in [1.29, 1.82) is 0 Å². The molecule has 0 aliphatic heterocycles. The maximum Gasteiger partial charge on any atom is 0.216 e. The Morgan fingerprint density at radius 1 is 0.960 bits per heavy atom. The van der Waals surface area contributed by atoms with Crippen LogP contribution in [0.25, 0.3) is 0 Å². The van der Waals surface area contributed by atoms with E-state index in [4.69, 9.17) is 23.2 Å². The largest absolute Gasteiger partial charge is 0.224 e. The fourth-order valence-corrected chi connectivity index (χ4v) is 5.01. The summed E-state index contributed by atoms with van der Waals surface area (Å²) < 4.78 is 50.3. The van der Waals surface area contributed by atoms with Crippen LogP contribution in [0.15, 0.2) is 47.4 Å². The molecular weight excluding hydrogens is 405 g/mol. The summed E-state index contributed by atoms with van der Waals surface area (Å²) in [4.78, 5) is 0.175. The number of sulfone groups is 1. The van der Waals surface area contributed by atoms with E-state index in [-0.39, 0.29) is 20.7 Å². The SMILES string of the molecule is CC(NS(=O)(=O)Cc1c(Cl)cccc1Cl)c1ccc(S(C)(=O)=O)cc1. The van der Waals surface area contributed by atoms with E-state index in [1.54, 1.807) is 37.3 Å². The number of hydrogen-bond donors (Lipinski definition) is 1. The molecule has 0 aromatic heterocycles. The molecule has 5 nitrogen and oxygen atoms in total. The number of rotatable bonds is 6. The second kappa shape index (κ2) is 7.63. The fraction of sp³-hybridized carbons (Fsp3) is 0.250. The van der Waals surface area contributed by atoms with E-state index < -0.39 is 25.9 Å². The van der Waals surface area contributed by atoms with Gasteiger partial charge in [-0.1, -0.05) is 41.4 Å². The minimum absolute atomic E-state index is 0.175. The Labute approximate surface area is 157 Å². The smallest absolute Gasteiger partial charge is 0.216 e. The highest BCUT2D eigenvalue weighted by Gasteiger charge is 2.20. The van der Waals surface area contributed by atoms with Gasteiger partial charge in [-0.15, -0.1) is 0 Å². The van der Waals surface area contributed by atoms with Crippen LogP contribution in [0.2, 0.25) is 10.0 Å². The van der Waals surface area contributed by atoms with Crippen molar-refractivity contribution >= 4 is 43.1 Å². The van der Waals surface area contributed by atoms with E-state index >= 15 is 0 Å². The molecule has 1 N–H and O–H groups in total. The highest BCUT2D eigenvalue weighted by atomic mass is 35.5. The van der Waals surface area contributed by atoms with Gasteiger partial charge in [0.1, 0.15) is 0 Å². The number of hydrogen-bond acceptors (Lipinski definition) is 4. The third-order valence-electron chi connectivity index (χ3n) is 3.56. The molecule has 0 saturated heterocycles. The molecule has 25 heavy (non-hydrogen) atoms. The first-order valence-electron chi connectivity index (χ1n) is 7.22. The van der Waals surface area contributed by atoms with Crippen molar-refractivity contribution in [1.82, 2.24) is 4.72 Å². The predicted octanol–water partition coefficient (Wildman–Crippen LogP) is 3.58. The van der Waals surface area contributed by atoms with E-state index in [0.29, 0.717) is 11.1 Å². The zero-order valence-corrected chi connectivity index (χ0v) is 16.7. The topological polar surface area (TPSA) is 80.3 Å². The third-order valence-corrected chi connectivity index (χ3v) is 6.78. The van der Waals surface area contributed by atoms with Gasteiger partial charge in [-0.2, -0.15) is 0 Å². The van der Waals surface area contributed by atoms with Gasteiger partial charge in [0.05, 0.1) is 10.6 Å². The van der Waals surface area contributed by atoms with Crippen molar-refractivity contribution in [3.05, 3.63) is 63.6 Å². The number of halogens is 2. The van der Waals surface area contributed by atoms with E-state index in [1.807, 2.05) is 0 Å². The van der Waals surface area contributed by atoms with Crippen LogP contribution in [-0.4, -0.2) is 23.1 Å². The van der Waals surface area contributed by atoms with Gasteiger partial charge in [-0.05, 0) is 36.8 Å². The molecule has 0 heterocycles. The lowest BCUT2D eigenvalue weighted by atomic mass is 10.1. The van der Waals surface area contributed by atoms with Crippen molar-refractivity contribution in [2.24, 2.45) is 0 Å². The Hall–Kier alpha value is -1.12. The first-order chi connectivity index (χ1) is 11.5. The normalized spacial score (nSPS) is 13.6. The first kappa shape index (κ1) is 20.2. The van der Waals surface area contributed by atoms with Crippen LogP contribution in [0.4, 0.5) is 0 Å². The van der Waals surface area contributed by atoms with Crippen molar-refractivity contribution in [2.75, 3.05) is 6.26 Å². The van der Waals surface area contributed by atoms with Crippen molar-refractivity contribution in [3.63, 3.8) is 0 Å². The summed E-state index contributed by atoms with van der Waals surface area (Å²) in [6.07, 6.45) is 1.11. The standard InChI is InChI=1S/C16H17Cl2NO4S2/c1-11(12-6-8-13(9-7-12)24(2,20)21)19-25(22,23)10-14-15(17)4-3-5-16(14)18/h3-9,11,19H,10H2,1-2H3. The van der Waals surface area contributed by atoms with E-state index in [1.165, 1.54) is 12.1 Å². The molecule has 2 aromatic rings. The van der Waals surface area contributed by atoms with Crippen molar-refractivity contribution < 1.29 is 16.8 Å². The molecule has 0 aliphatic rings. The van der Waals surface area contributed by atoms with Crippen LogP contribution in [0.1, 0.15) is 24.1 Å². The van der Waals surface area contributed by atoms with Gasteiger partial charge in [0.15, 0.2) is 9.84 Å². The molecule has 0 aliphatic carbocycles. The second-order valence-corrected chi connectivity index (χ2v) is 10.2. The molecule has 0 bridgehead atoms. The Kier molecular flexibility index (Phi) is 6.17. The maximum atomic E-state index is 12.4. The average molecular weight is 422 g/mol. The van der Waals surface area contributed by atoms with Crippen LogP contribution in [0.5, 0.6) is 0 Å². The molecule has 0 radical (unpaired) electrons. The molecular formula is C16H17Cl2NO4S2. The molecule has 1 atom stereocenters. The highest BCUT2D eigenvalue weighted by Crippen LogP contribution is 2.26. The van der Waals surface area contributed by atoms with Gasteiger partial charge in [0, 0.05) is 27.9 Å². The summed E-state index contributed by atoms with van der Waals surface area (Å²) in [6.45, 7) is 1.67. The lowest BCUT2D eigenvalue weighted by molar-refractivity contribution is 0.565. The molecule has 136 valence electrons. The van der Waals surface area contributed by atoms with Crippen LogP contribution < -0.4 is 4.72 Å². The maximum absolute atomic E-state index is 12.4. The molecule has 2 aromatic carbocycles. The minimum atomic E-state index is -3.70. The van der Waals surface area contributed by atoms with Gasteiger partial charge in [0.2, 0.25) is 10.0 Å². The van der Waals surface area contributed by atoms with Gasteiger partial charge in [0.25, 0.3) is 0 Å². The van der Waals surface area contributed by atoms with Gasteiger partial charge in [-0.3, -0.25) is 0 Å². The van der Waals surface area contributed by atoms with Crippen LogP contribution >= 0.6 is 23.2 Å². The van der Waals surface area contributed by atoms with Gasteiger partial charge < -0.3 is 0 Å². The van der Waals surface area contributed by atoms with Gasteiger partial charge >= 0.3 is 0 Å². The van der Waals surface area contributed by atoms with E-state index in [9.17, 15) is 16.8 Å². The van der Waals surface area contributed by atoms with E-state index in [0.717, 1.165) is 6.26 Å². The number of benzene rings is 2. The third kappa shape index (κ3) is 5.43. The number of sulfonamides is 1. The molecule has 2 rings (SSSR count). The molecule has 1 unspecified atom stereocenters. The van der Waals surface area contributed by atoms with Crippen LogP contribution in [0.3, 0.4) is 0 Å². The second-order valence-electron chi connectivity index (χ2n) is 5.64. The first-order valence-corrected chi connectivity index (χ1v) is 11.5. The van der Waals surface area contributed by atoms with Crippen molar-refractivity contribution in [3.8, 4) is 0 Å². The zero-order chi connectivity index (χ0) is 18.8. The van der Waals surface area contributed by atoms with Gasteiger partial charge in [-0.25, -0.2) is 21.6 Å². The molecule has 0 amide bonds. The van der Waals surface area contributed by atoms with E-state index in [2.05, 4.69) is 4.72 Å². The lowest BCUT2D eigenvalue weighted by Crippen LogP contribution is -2.28. The molecule has 0 saturated carbocycles. The Morgan fingerprint density at radius 3 is 1.96 bits per heavy atom. The Balaban J connectivity index is 2.17. The summed E-state index contributed by atoms with van der Waals surface area (Å²) in [5, 5.41) is 0.561. The van der Waals surface area contributed by atoms with Crippen LogP contribution in [-0.2, 0) is 25.6 Å². The molecule has 0 fully saturated rings. The summed E-state index contributed by atoms with van der Waals surface area (Å²) in [7, 11) is -7.00. The average Bonchev–Trinajstić information content (AvgIpc) is 2.50. The summed E-state index contributed by atoms with van der Waals surface area (Å²) in [5.41, 5.74) is 0.971. The fourth-order valence-electron chi connectivity index (χ4n) is 2.24. The Morgan fingerprint density at radius 2 is 1.48 bits per heavy atom. The summed E-state index contributed by atoms with van der Waals surface area (Å²) in [5.74, 6) is -0.350. The lowest BCUT2D eigenvalue weighted by Gasteiger charge is -2.16. The summed E-state index contributed by atoms with van der Waals surface area (Å²) >= 11 is 12.0. The molecule has 0 spiro atoms. The Bertz CT molecular complexity index is 951. The quantitative estimate of drug-likeness (QED) is 0.772.